The molecule has 0 aliphatic heterocycles. The average Bonchev–Trinajstić information content (AvgIpc) is 2.56. The van der Waals surface area contributed by atoms with E-state index < -0.39 is 0 Å². The van der Waals surface area contributed by atoms with Gasteiger partial charge in [-0.05, 0) is 19.9 Å². The molecular formula is C10H19N5O. The number of nitrogens with two attached hydrogens (primary N) is 1. The second-order valence-corrected chi connectivity index (χ2v) is 3.79. The van der Waals surface area contributed by atoms with Crippen LogP contribution in [0.3, 0.4) is 0 Å². The molecule has 16 heavy (non-hydrogen) atoms. The maximum Gasteiger partial charge on any atom is 0.139 e. The summed E-state index contributed by atoms with van der Waals surface area (Å²) in [5, 5.41) is 18.8. The molecule has 0 saturated carbocycles. The van der Waals surface area contributed by atoms with Crippen LogP contribution in [0, 0.1) is 6.92 Å². The third kappa shape index (κ3) is 3.90. The highest BCUT2D eigenvalue weighted by molar-refractivity contribution is 5.79. The van der Waals surface area contributed by atoms with Gasteiger partial charge in [0.05, 0.1) is 5.69 Å². The summed E-state index contributed by atoms with van der Waals surface area (Å²) in [6.07, 6.45) is 3.47. The maximum atomic E-state index is 8.34. The standard InChI is InChI=1S/C10H19N5O/c1-8-9(7-15(2)13-8)6-12-5-3-4-10(11)14-16/h7,12,16H,3-6H2,1-2H3,(H2,11,14). The fraction of sp³-hybridized carbons (Fsp3) is 0.600. The van der Waals surface area contributed by atoms with E-state index in [1.165, 1.54) is 5.56 Å². The molecule has 0 amide bonds. The van der Waals surface area contributed by atoms with Crippen LogP contribution in [0.2, 0.25) is 0 Å². The van der Waals surface area contributed by atoms with E-state index in [1.54, 1.807) is 0 Å². The molecule has 6 heteroatoms. The normalized spacial score (nSPS) is 12.0. The van der Waals surface area contributed by atoms with E-state index in [2.05, 4.69) is 15.6 Å². The molecule has 0 aromatic carbocycles. The Hall–Kier alpha value is -1.56. The summed E-state index contributed by atoms with van der Waals surface area (Å²) in [6, 6.07) is 0. The van der Waals surface area contributed by atoms with Gasteiger partial charge in [-0.2, -0.15) is 5.10 Å². The van der Waals surface area contributed by atoms with E-state index in [9.17, 15) is 0 Å². The Bertz CT molecular complexity index is 358. The smallest absolute Gasteiger partial charge is 0.139 e. The zero-order valence-electron chi connectivity index (χ0n) is 9.77. The Morgan fingerprint density at radius 3 is 3.00 bits per heavy atom. The second-order valence-electron chi connectivity index (χ2n) is 3.79. The van der Waals surface area contributed by atoms with Gasteiger partial charge in [0.1, 0.15) is 5.84 Å². The molecule has 4 N–H and O–H groups in total. The highest BCUT2D eigenvalue weighted by atomic mass is 16.4. The summed E-state index contributed by atoms with van der Waals surface area (Å²) < 4.78 is 1.81. The van der Waals surface area contributed by atoms with Crippen molar-refractivity contribution in [3.63, 3.8) is 0 Å². The van der Waals surface area contributed by atoms with Crippen LogP contribution in [-0.4, -0.2) is 27.4 Å². The molecule has 1 heterocycles. The minimum absolute atomic E-state index is 0.277. The van der Waals surface area contributed by atoms with Crippen molar-refractivity contribution in [3.05, 3.63) is 17.5 Å². The van der Waals surface area contributed by atoms with E-state index in [-0.39, 0.29) is 5.84 Å². The fourth-order valence-electron chi connectivity index (χ4n) is 1.49. The molecular weight excluding hydrogens is 206 g/mol. The molecule has 1 aromatic heterocycles. The van der Waals surface area contributed by atoms with Gasteiger partial charge in [-0.25, -0.2) is 0 Å². The molecule has 0 radical (unpaired) electrons. The molecule has 0 spiro atoms. The Kier molecular flexibility index (Phi) is 4.78. The summed E-state index contributed by atoms with van der Waals surface area (Å²) in [7, 11) is 1.91. The van der Waals surface area contributed by atoms with E-state index in [0.29, 0.717) is 6.42 Å². The summed E-state index contributed by atoms with van der Waals surface area (Å²) in [5.41, 5.74) is 7.60. The number of hydrogen-bond donors (Lipinski definition) is 3. The topological polar surface area (TPSA) is 88.5 Å². The summed E-state index contributed by atoms with van der Waals surface area (Å²) in [5.74, 6) is 0.277. The van der Waals surface area contributed by atoms with Crippen molar-refractivity contribution >= 4 is 5.84 Å². The van der Waals surface area contributed by atoms with Crippen LogP contribution in [0.5, 0.6) is 0 Å². The lowest BCUT2D eigenvalue weighted by Crippen LogP contribution is -2.18. The first kappa shape index (κ1) is 12.5. The summed E-state index contributed by atoms with van der Waals surface area (Å²) in [6.45, 7) is 3.63. The Balaban J connectivity index is 2.19. The number of oxime groups is 1. The van der Waals surface area contributed by atoms with Crippen molar-refractivity contribution in [2.75, 3.05) is 6.54 Å². The third-order valence-corrected chi connectivity index (χ3v) is 2.35. The zero-order chi connectivity index (χ0) is 12.0. The van der Waals surface area contributed by atoms with Crippen LogP contribution in [0.4, 0.5) is 0 Å². The minimum Gasteiger partial charge on any atom is -0.409 e. The predicted molar refractivity (Wildman–Crippen MR) is 62.3 cm³/mol. The lowest BCUT2D eigenvalue weighted by Gasteiger charge is -2.03. The minimum atomic E-state index is 0.277. The van der Waals surface area contributed by atoms with Gasteiger partial charge >= 0.3 is 0 Å². The van der Waals surface area contributed by atoms with Crippen LogP contribution in [0.15, 0.2) is 11.4 Å². The molecule has 0 atom stereocenters. The maximum absolute atomic E-state index is 8.34. The molecule has 6 nitrogen and oxygen atoms in total. The molecule has 90 valence electrons. The van der Waals surface area contributed by atoms with Crippen LogP contribution >= 0.6 is 0 Å². The lowest BCUT2D eigenvalue weighted by atomic mass is 10.2. The van der Waals surface area contributed by atoms with Gasteiger partial charge in [-0.1, -0.05) is 5.16 Å². The molecule has 0 saturated heterocycles. The lowest BCUT2D eigenvalue weighted by molar-refractivity contribution is 0.316. The number of aryl methyl sites for hydroxylation is 2. The van der Waals surface area contributed by atoms with Crippen molar-refractivity contribution in [1.29, 1.82) is 0 Å². The Morgan fingerprint density at radius 2 is 2.44 bits per heavy atom. The molecule has 0 fully saturated rings. The van der Waals surface area contributed by atoms with Crippen molar-refractivity contribution in [3.8, 4) is 0 Å². The summed E-state index contributed by atoms with van der Waals surface area (Å²) in [4.78, 5) is 0. The number of amidine groups is 1. The zero-order valence-corrected chi connectivity index (χ0v) is 9.77. The van der Waals surface area contributed by atoms with Crippen molar-refractivity contribution < 1.29 is 5.21 Å². The number of nitrogens with zero attached hydrogens (tertiary/aromatic N) is 3. The average molecular weight is 225 g/mol. The summed E-state index contributed by atoms with van der Waals surface area (Å²) >= 11 is 0. The predicted octanol–water partition coefficient (Wildman–Crippen LogP) is 0.345. The van der Waals surface area contributed by atoms with Crippen molar-refractivity contribution in [2.24, 2.45) is 17.9 Å². The number of nitrogens with one attached hydrogen (secondary N) is 1. The van der Waals surface area contributed by atoms with Crippen LogP contribution in [0.25, 0.3) is 0 Å². The first-order chi connectivity index (χ1) is 7.63. The highest BCUT2D eigenvalue weighted by Gasteiger charge is 2.01. The molecule has 1 aromatic rings. The Labute approximate surface area is 95.1 Å². The number of aromatic nitrogens is 2. The van der Waals surface area contributed by atoms with Gasteiger partial charge in [0.25, 0.3) is 0 Å². The largest absolute Gasteiger partial charge is 0.409 e. The highest BCUT2D eigenvalue weighted by Crippen LogP contribution is 2.03. The van der Waals surface area contributed by atoms with E-state index in [4.69, 9.17) is 10.9 Å². The number of rotatable bonds is 6. The van der Waals surface area contributed by atoms with Crippen molar-refractivity contribution in [1.82, 2.24) is 15.1 Å². The Morgan fingerprint density at radius 1 is 1.69 bits per heavy atom. The first-order valence-electron chi connectivity index (χ1n) is 5.29. The van der Waals surface area contributed by atoms with Gasteiger partial charge < -0.3 is 16.3 Å². The van der Waals surface area contributed by atoms with Crippen LogP contribution < -0.4 is 11.1 Å². The molecule has 0 unspecified atom stereocenters. The van der Waals surface area contributed by atoms with E-state index >= 15 is 0 Å². The molecule has 0 bridgehead atoms. The van der Waals surface area contributed by atoms with Gasteiger partial charge in [0.2, 0.25) is 0 Å². The van der Waals surface area contributed by atoms with Gasteiger partial charge in [0, 0.05) is 31.8 Å². The molecule has 0 aliphatic rings. The van der Waals surface area contributed by atoms with E-state index in [1.807, 2.05) is 24.9 Å². The van der Waals surface area contributed by atoms with E-state index in [0.717, 1.165) is 25.2 Å². The van der Waals surface area contributed by atoms with Crippen LogP contribution in [0.1, 0.15) is 24.1 Å². The molecule has 1 rings (SSSR count). The van der Waals surface area contributed by atoms with Gasteiger partial charge in [-0.15, -0.1) is 0 Å². The quantitative estimate of drug-likeness (QED) is 0.214. The van der Waals surface area contributed by atoms with Gasteiger partial charge in [-0.3, -0.25) is 4.68 Å². The fourth-order valence-corrected chi connectivity index (χ4v) is 1.49. The molecule has 0 aliphatic carbocycles. The van der Waals surface area contributed by atoms with Crippen LogP contribution in [-0.2, 0) is 13.6 Å². The number of hydrogen-bond acceptors (Lipinski definition) is 4. The second kappa shape index (κ2) is 6.12. The van der Waals surface area contributed by atoms with Crippen molar-refractivity contribution in [2.45, 2.75) is 26.3 Å². The third-order valence-electron chi connectivity index (χ3n) is 2.35. The monoisotopic (exact) mass is 225 g/mol. The first-order valence-corrected chi connectivity index (χ1v) is 5.29. The van der Waals surface area contributed by atoms with Gasteiger partial charge in [0.15, 0.2) is 0 Å². The SMILES string of the molecule is Cc1nn(C)cc1CNCCC/C(N)=N/O.